The van der Waals surface area contributed by atoms with E-state index in [1.54, 1.807) is 59.5 Å². The summed E-state index contributed by atoms with van der Waals surface area (Å²) < 4.78 is 15.8. The highest BCUT2D eigenvalue weighted by molar-refractivity contribution is 5.57. The fraction of sp³-hybridized carbons (Fsp3) is 0.333. The maximum atomic E-state index is 9.43. The molecule has 0 unspecified atom stereocenters. The van der Waals surface area contributed by atoms with E-state index < -0.39 is 5.60 Å². The standard InChI is InChI=1S/C18H20O4/c1-18(2,19)11-9-7-6-8-10-14-12-15(20-3)17(22-5)16(13-14)21-4/h6-7,12-13,19H,1-5H3/b7-6-. The van der Waals surface area contributed by atoms with Crippen molar-refractivity contribution < 1.29 is 19.3 Å². The molecule has 0 amide bonds. The Kier molecular flexibility index (Phi) is 6.38. The molecule has 0 fully saturated rings. The minimum absolute atomic E-state index is 0.530. The zero-order valence-electron chi connectivity index (χ0n) is 13.5. The van der Waals surface area contributed by atoms with Crippen molar-refractivity contribution in [2.24, 2.45) is 0 Å². The van der Waals surface area contributed by atoms with Crippen LogP contribution in [0.1, 0.15) is 19.4 Å². The van der Waals surface area contributed by atoms with E-state index in [1.807, 2.05) is 0 Å². The molecule has 0 radical (unpaired) electrons. The molecule has 1 aromatic carbocycles. The molecule has 22 heavy (non-hydrogen) atoms. The molecule has 0 saturated carbocycles. The summed E-state index contributed by atoms with van der Waals surface area (Å²) in [5, 5.41) is 9.43. The number of hydrogen-bond acceptors (Lipinski definition) is 4. The lowest BCUT2D eigenvalue weighted by Gasteiger charge is -2.12. The lowest BCUT2D eigenvalue weighted by Crippen LogP contribution is -2.14. The van der Waals surface area contributed by atoms with Crippen LogP contribution in [0.15, 0.2) is 24.3 Å². The van der Waals surface area contributed by atoms with Crippen LogP contribution in [0.3, 0.4) is 0 Å². The molecule has 0 heterocycles. The maximum absolute atomic E-state index is 9.43. The van der Waals surface area contributed by atoms with E-state index in [0.717, 1.165) is 5.56 Å². The summed E-state index contributed by atoms with van der Waals surface area (Å²) >= 11 is 0. The molecule has 4 heteroatoms. The maximum Gasteiger partial charge on any atom is 0.203 e. The van der Waals surface area contributed by atoms with E-state index in [2.05, 4.69) is 23.7 Å². The van der Waals surface area contributed by atoms with Gasteiger partial charge in [-0.15, -0.1) is 0 Å². The molecule has 4 nitrogen and oxygen atoms in total. The predicted octanol–water partition coefficient (Wildman–Crippen LogP) is 2.39. The Labute approximate surface area is 131 Å². The van der Waals surface area contributed by atoms with Gasteiger partial charge in [-0.3, -0.25) is 0 Å². The van der Waals surface area contributed by atoms with E-state index in [1.165, 1.54) is 0 Å². The molecule has 0 aliphatic carbocycles. The van der Waals surface area contributed by atoms with Gasteiger partial charge < -0.3 is 19.3 Å². The first kappa shape index (κ1) is 17.5. The fourth-order valence-corrected chi connectivity index (χ4v) is 1.58. The zero-order valence-corrected chi connectivity index (χ0v) is 13.5. The SMILES string of the molecule is COc1cc(C#C/C=C\C#CC(C)(C)O)cc(OC)c1OC. The number of benzene rings is 1. The van der Waals surface area contributed by atoms with Crippen LogP contribution < -0.4 is 14.2 Å². The van der Waals surface area contributed by atoms with E-state index in [0.29, 0.717) is 17.2 Å². The molecular weight excluding hydrogens is 280 g/mol. The molecule has 0 aliphatic heterocycles. The Bertz CT molecular complexity index is 633. The third kappa shape index (κ3) is 5.44. The van der Waals surface area contributed by atoms with Crippen LogP contribution >= 0.6 is 0 Å². The molecule has 0 aliphatic rings. The monoisotopic (exact) mass is 300 g/mol. The third-order valence-electron chi connectivity index (χ3n) is 2.51. The quantitative estimate of drug-likeness (QED) is 0.871. The van der Waals surface area contributed by atoms with Gasteiger partial charge in [0.2, 0.25) is 5.75 Å². The molecule has 0 atom stereocenters. The van der Waals surface area contributed by atoms with Gasteiger partial charge in [0.05, 0.1) is 21.3 Å². The first-order chi connectivity index (χ1) is 10.4. The first-order valence-electron chi connectivity index (χ1n) is 6.63. The Morgan fingerprint density at radius 1 is 0.955 bits per heavy atom. The summed E-state index contributed by atoms with van der Waals surface area (Å²) in [4.78, 5) is 0. The Hall–Kier alpha value is -2.56. The average Bonchev–Trinajstić information content (AvgIpc) is 2.48. The lowest BCUT2D eigenvalue weighted by atomic mass is 10.1. The van der Waals surface area contributed by atoms with Crippen LogP contribution in [0.5, 0.6) is 17.2 Å². The molecule has 0 saturated heterocycles. The number of hydrogen-bond donors (Lipinski definition) is 1. The van der Waals surface area contributed by atoms with Crippen molar-refractivity contribution in [1.82, 2.24) is 0 Å². The van der Waals surface area contributed by atoms with Crippen LogP contribution in [0.25, 0.3) is 0 Å². The number of ether oxygens (including phenoxy) is 3. The normalized spacial score (nSPS) is 10.3. The van der Waals surface area contributed by atoms with E-state index in [-0.39, 0.29) is 0 Å². The largest absolute Gasteiger partial charge is 0.493 e. The molecule has 0 aromatic heterocycles. The van der Waals surface area contributed by atoms with Crippen LogP contribution in [-0.2, 0) is 0 Å². The molecule has 0 bridgehead atoms. The minimum Gasteiger partial charge on any atom is -0.493 e. The summed E-state index contributed by atoms with van der Waals surface area (Å²) in [5.41, 5.74) is -0.274. The Balaban J connectivity index is 2.98. The number of rotatable bonds is 3. The fourth-order valence-electron chi connectivity index (χ4n) is 1.58. The molecular formula is C18H20O4. The Morgan fingerprint density at radius 3 is 1.95 bits per heavy atom. The second-order valence-electron chi connectivity index (χ2n) is 4.85. The zero-order chi connectivity index (χ0) is 16.6. The summed E-state index contributed by atoms with van der Waals surface area (Å²) in [7, 11) is 4.66. The predicted molar refractivity (Wildman–Crippen MR) is 86.2 cm³/mol. The summed E-state index contributed by atoms with van der Waals surface area (Å²) in [6, 6.07) is 3.54. The molecule has 1 N–H and O–H groups in total. The van der Waals surface area contributed by atoms with E-state index in [9.17, 15) is 5.11 Å². The van der Waals surface area contributed by atoms with E-state index >= 15 is 0 Å². The third-order valence-corrected chi connectivity index (χ3v) is 2.51. The van der Waals surface area contributed by atoms with Crippen molar-refractivity contribution in [3.8, 4) is 40.9 Å². The lowest BCUT2D eigenvalue weighted by molar-refractivity contribution is 0.143. The smallest absolute Gasteiger partial charge is 0.203 e. The molecule has 1 rings (SSSR count). The van der Waals surface area contributed by atoms with E-state index in [4.69, 9.17) is 14.2 Å². The second kappa shape index (κ2) is 8.02. The van der Waals surface area contributed by atoms with Crippen molar-refractivity contribution in [1.29, 1.82) is 0 Å². The minimum atomic E-state index is -1.01. The first-order valence-corrected chi connectivity index (χ1v) is 6.63. The second-order valence-corrected chi connectivity index (χ2v) is 4.85. The van der Waals surface area contributed by atoms with Gasteiger partial charge in [-0.2, -0.15) is 0 Å². The summed E-state index contributed by atoms with van der Waals surface area (Å²) in [5.74, 6) is 12.8. The molecule has 116 valence electrons. The van der Waals surface area contributed by atoms with Gasteiger partial charge in [-0.1, -0.05) is 23.7 Å². The number of methoxy groups -OCH3 is 3. The van der Waals surface area contributed by atoms with Crippen molar-refractivity contribution in [2.45, 2.75) is 19.4 Å². The molecule has 0 spiro atoms. The molecule has 1 aromatic rings. The summed E-state index contributed by atoms with van der Waals surface area (Å²) in [6.45, 7) is 3.24. The van der Waals surface area contributed by atoms with Gasteiger partial charge in [0, 0.05) is 5.56 Å². The summed E-state index contributed by atoms with van der Waals surface area (Å²) in [6.07, 6.45) is 3.20. The van der Waals surface area contributed by atoms with Gasteiger partial charge in [0.1, 0.15) is 5.60 Å². The van der Waals surface area contributed by atoms with Gasteiger partial charge in [-0.05, 0) is 38.1 Å². The number of allylic oxidation sites excluding steroid dienone is 2. The van der Waals surface area contributed by atoms with Crippen molar-refractivity contribution in [3.63, 3.8) is 0 Å². The highest BCUT2D eigenvalue weighted by Crippen LogP contribution is 2.37. The van der Waals surface area contributed by atoms with Crippen molar-refractivity contribution in [3.05, 3.63) is 29.8 Å². The van der Waals surface area contributed by atoms with Crippen LogP contribution in [0.4, 0.5) is 0 Å². The van der Waals surface area contributed by atoms with Crippen LogP contribution in [0.2, 0.25) is 0 Å². The van der Waals surface area contributed by atoms with Crippen molar-refractivity contribution >= 4 is 0 Å². The van der Waals surface area contributed by atoms with Crippen LogP contribution in [0, 0.1) is 23.7 Å². The van der Waals surface area contributed by atoms with Gasteiger partial charge in [-0.25, -0.2) is 0 Å². The van der Waals surface area contributed by atoms with Gasteiger partial charge in [0.25, 0.3) is 0 Å². The highest BCUT2D eigenvalue weighted by Gasteiger charge is 2.11. The van der Waals surface area contributed by atoms with Gasteiger partial charge in [0.15, 0.2) is 11.5 Å². The topological polar surface area (TPSA) is 47.9 Å². The highest BCUT2D eigenvalue weighted by atomic mass is 16.5. The average molecular weight is 300 g/mol. The van der Waals surface area contributed by atoms with Crippen LogP contribution in [-0.4, -0.2) is 32.0 Å². The number of aliphatic hydroxyl groups is 1. The van der Waals surface area contributed by atoms with Gasteiger partial charge >= 0.3 is 0 Å². The van der Waals surface area contributed by atoms with Crippen molar-refractivity contribution in [2.75, 3.05) is 21.3 Å². The Morgan fingerprint density at radius 2 is 1.50 bits per heavy atom.